The lowest BCUT2D eigenvalue weighted by Gasteiger charge is -2.09. The zero-order valence-corrected chi connectivity index (χ0v) is 12.9. The summed E-state index contributed by atoms with van der Waals surface area (Å²) in [5.41, 5.74) is 0. The van der Waals surface area contributed by atoms with Crippen molar-refractivity contribution in [1.82, 2.24) is 0 Å². The molecule has 0 aromatic carbocycles. The van der Waals surface area contributed by atoms with Gasteiger partial charge in [0, 0.05) is 13.7 Å². The summed E-state index contributed by atoms with van der Waals surface area (Å²) in [5, 5.41) is 0. The Morgan fingerprint density at radius 2 is 1.05 bits per heavy atom. The maximum atomic E-state index is 5.49. The number of rotatable bonds is 15. The molecule has 0 bridgehead atoms. The largest absolute Gasteiger partial charge is 0.382 e. The molecule has 0 unspecified atom stereocenters. The number of hydrogen-bond acceptors (Lipinski definition) is 5. The van der Waals surface area contributed by atoms with E-state index in [0.717, 1.165) is 13.0 Å². The van der Waals surface area contributed by atoms with Gasteiger partial charge in [-0.05, 0) is 38.0 Å². The Bertz CT molecular complexity index is 207. The molecule has 5 nitrogen and oxygen atoms in total. The molecule has 0 atom stereocenters. The third kappa shape index (κ3) is 12.1. The average molecular weight is 299 g/mol. The molecular formula is C16H27O5. The molecule has 5 radical (unpaired) electrons. The fourth-order valence-corrected chi connectivity index (χ4v) is 1.67. The molecule has 1 aliphatic rings. The van der Waals surface area contributed by atoms with Crippen LogP contribution in [0.1, 0.15) is 6.42 Å². The molecule has 0 saturated heterocycles. The highest BCUT2D eigenvalue weighted by Crippen LogP contribution is 2.25. The topological polar surface area (TPSA) is 46.2 Å². The molecule has 1 rings (SSSR count). The zero-order chi connectivity index (χ0) is 15.0. The summed E-state index contributed by atoms with van der Waals surface area (Å²) in [4.78, 5) is 0. The Morgan fingerprint density at radius 1 is 0.619 bits per heavy atom. The summed E-state index contributed by atoms with van der Waals surface area (Å²) in [7, 11) is 1.66. The standard InChI is InChI=1S/C16H27O5/c1-17-8-9-19-12-13-21-15-14-20-11-10-18-7-6-16-4-2-3-5-16/h2-5H,6-15H2,1H3. The van der Waals surface area contributed by atoms with E-state index in [1.54, 1.807) is 7.11 Å². The second-order valence-corrected chi connectivity index (χ2v) is 4.49. The summed E-state index contributed by atoms with van der Waals surface area (Å²) in [6.07, 6.45) is 9.26. The van der Waals surface area contributed by atoms with E-state index in [0.29, 0.717) is 52.9 Å². The van der Waals surface area contributed by atoms with Gasteiger partial charge in [-0.15, -0.1) is 0 Å². The average Bonchev–Trinajstić information content (AvgIpc) is 3.01. The summed E-state index contributed by atoms with van der Waals surface area (Å²) in [6, 6.07) is 0. The van der Waals surface area contributed by atoms with E-state index in [1.165, 1.54) is 5.92 Å². The second kappa shape index (κ2) is 14.7. The first kappa shape index (κ1) is 18.8. The minimum atomic E-state index is 0.584. The zero-order valence-electron chi connectivity index (χ0n) is 12.9. The summed E-state index contributed by atoms with van der Waals surface area (Å²) < 4.78 is 26.4. The second-order valence-electron chi connectivity index (χ2n) is 4.49. The van der Waals surface area contributed by atoms with Crippen LogP contribution in [0.15, 0.2) is 0 Å². The van der Waals surface area contributed by atoms with Crippen molar-refractivity contribution in [2.45, 2.75) is 6.42 Å². The van der Waals surface area contributed by atoms with Gasteiger partial charge in [-0.25, -0.2) is 0 Å². The summed E-state index contributed by atoms with van der Waals surface area (Å²) in [5.74, 6) is 1.32. The Balaban J connectivity index is 1.65. The molecule has 5 heteroatoms. The van der Waals surface area contributed by atoms with Crippen LogP contribution in [-0.4, -0.2) is 66.6 Å². The molecule has 121 valence electrons. The highest BCUT2D eigenvalue weighted by atomic mass is 16.6. The van der Waals surface area contributed by atoms with E-state index in [2.05, 4.69) is 12.8 Å². The minimum absolute atomic E-state index is 0.584. The van der Waals surface area contributed by atoms with Gasteiger partial charge in [0.05, 0.1) is 52.9 Å². The van der Waals surface area contributed by atoms with Gasteiger partial charge in [-0.2, -0.15) is 0 Å². The van der Waals surface area contributed by atoms with Crippen molar-refractivity contribution in [2.24, 2.45) is 0 Å². The smallest absolute Gasteiger partial charge is 0.0701 e. The quantitative estimate of drug-likeness (QED) is 0.429. The van der Waals surface area contributed by atoms with Crippen LogP contribution in [0.25, 0.3) is 0 Å². The van der Waals surface area contributed by atoms with Crippen molar-refractivity contribution >= 4 is 0 Å². The summed E-state index contributed by atoms with van der Waals surface area (Å²) >= 11 is 0. The van der Waals surface area contributed by atoms with Crippen molar-refractivity contribution in [3.05, 3.63) is 31.6 Å². The van der Waals surface area contributed by atoms with Crippen molar-refractivity contribution < 1.29 is 23.7 Å². The van der Waals surface area contributed by atoms with Crippen LogP contribution < -0.4 is 0 Å². The van der Waals surface area contributed by atoms with Crippen LogP contribution >= 0.6 is 0 Å². The van der Waals surface area contributed by atoms with E-state index >= 15 is 0 Å². The van der Waals surface area contributed by atoms with Crippen LogP contribution in [0.2, 0.25) is 0 Å². The van der Waals surface area contributed by atoms with Crippen molar-refractivity contribution in [3.8, 4) is 0 Å². The highest BCUT2D eigenvalue weighted by molar-refractivity contribution is 5.34. The SMILES string of the molecule is COCCOCCOCCOCCOCC[C]1[CH][CH][CH][CH]1. The Labute approximate surface area is 129 Å². The third-order valence-electron chi connectivity index (χ3n) is 2.81. The number of methoxy groups -OCH3 is 1. The van der Waals surface area contributed by atoms with E-state index in [-0.39, 0.29) is 0 Å². The fourth-order valence-electron chi connectivity index (χ4n) is 1.67. The monoisotopic (exact) mass is 299 g/mol. The molecule has 0 heterocycles. The predicted octanol–water partition coefficient (Wildman–Crippen LogP) is 1.49. The Kier molecular flexibility index (Phi) is 13.2. The lowest BCUT2D eigenvalue weighted by Crippen LogP contribution is -2.13. The molecular weight excluding hydrogens is 272 g/mol. The predicted molar refractivity (Wildman–Crippen MR) is 80.2 cm³/mol. The lowest BCUT2D eigenvalue weighted by atomic mass is 10.1. The van der Waals surface area contributed by atoms with Gasteiger partial charge in [0.15, 0.2) is 0 Å². The van der Waals surface area contributed by atoms with Gasteiger partial charge in [-0.1, -0.05) is 0 Å². The van der Waals surface area contributed by atoms with Crippen LogP contribution in [-0.2, 0) is 23.7 Å². The normalized spacial score (nSPS) is 15.9. The molecule has 0 aromatic heterocycles. The van der Waals surface area contributed by atoms with E-state index in [9.17, 15) is 0 Å². The third-order valence-corrected chi connectivity index (χ3v) is 2.81. The van der Waals surface area contributed by atoms with Crippen molar-refractivity contribution in [3.63, 3.8) is 0 Å². The number of hydrogen-bond donors (Lipinski definition) is 0. The first-order valence-corrected chi connectivity index (χ1v) is 7.44. The van der Waals surface area contributed by atoms with E-state index < -0.39 is 0 Å². The molecule has 1 saturated carbocycles. The van der Waals surface area contributed by atoms with Gasteiger partial charge >= 0.3 is 0 Å². The molecule has 0 amide bonds. The number of ether oxygens (including phenoxy) is 5. The van der Waals surface area contributed by atoms with Gasteiger partial charge in [0.1, 0.15) is 0 Å². The van der Waals surface area contributed by atoms with Crippen LogP contribution in [0.3, 0.4) is 0 Å². The van der Waals surface area contributed by atoms with Gasteiger partial charge in [0.25, 0.3) is 0 Å². The van der Waals surface area contributed by atoms with Crippen LogP contribution in [0, 0.1) is 31.6 Å². The molecule has 0 N–H and O–H groups in total. The molecule has 0 aromatic rings. The van der Waals surface area contributed by atoms with Crippen LogP contribution in [0.4, 0.5) is 0 Å². The van der Waals surface area contributed by atoms with Crippen molar-refractivity contribution in [2.75, 3.05) is 66.6 Å². The lowest BCUT2D eigenvalue weighted by molar-refractivity contribution is -0.00766. The minimum Gasteiger partial charge on any atom is -0.382 e. The molecule has 21 heavy (non-hydrogen) atoms. The first-order valence-electron chi connectivity index (χ1n) is 7.44. The van der Waals surface area contributed by atoms with Crippen molar-refractivity contribution in [1.29, 1.82) is 0 Å². The summed E-state index contributed by atoms with van der Waals surface area (Å²) in [6.45, 7) is 5.55. The first-order chi connectivity index (χ1) is 10.4. The van der Waals surface area contributed by atoms with E-state index in [1.807, 2.05) is 12.8 Å². The fraction of sp³-hybridized carbons (Fsp3) is 0.688. The molecule has 1 fully saturated rings. The molecule has 0 aliphatic heterocycles. The van der Waals surface area contributed by atoms with E-state index in [4.69, 9.17) is 23.7 Å². The molecule has 1 aliphatic carbocycles. The Morgan fingerprint density at radius 3 is 1.52 bits per heavy atom. The van der Waals surface area contributed by atoms with Crippen LogP contribution in [0.5, 0.6) is 0 Å². The van der Waals surface area contributed by atoms with Gasteiger partial charge in [-0.3, -0.25) is 0 Å². The molecule has 0 spiro atoms. The van der Waals surface area contributed by atoms with Gasteiger partial charge < -0.3 is 23.7 Å². The highest BCUT2D eigenvalue weighted by Gasteiger charge is 2.15. The Hall–Kier alpha value is -0.200. The van der Waals surface area contributed by atoms with Gasteiger partial charge in [0.2, 0.25) is 0 Å². The maximum Gasteiger partial charge on any atom is 0.0701 e. The maximum absolute atomic E-state index is 5.49.